The van der Waals surface area contributed by atoms with Crippen LogP contribution in [-0.4, -0.2) is 22.1 Å². The summed E-state index contributed by atoms with van der Waals surface area (Å²) in [6.07, 6.45) is 1.73. The summed E-state index contributed by atoms with van der Waals surface area (Å²) in [5.41, 5.74) is 1.34. The Balaban J connectivity index is 1.92. The van der Waals surface area contributed by atoms with Gasteiger partial charge in [0.15, 0.2) is 0 Å². The van der Waals surface area contributed by atoms with Crippen LogP contribution in [-0.2, 0) is 6.54 Å². The van der Waals surface area contributed by atoms with Crippen molar-refractivity contribution in [3.63, 3.8) is 0 Å². The van der Waals surface area contributed by atoms with Gasteiger partial charge >= 0.3 is 0 Å². The lowest BCUT2D eigenvalue weighted by atomic mass is 10.1. The number of pyridine rings is 1. The Morgan fingerprint density at radius 1 is 1.25 bits per heavy atom. The molecule has 5 heteroatoms. The molecule has 2 aromatic rings. The fourth-order valence-corrected chi connectivity index (χ4v) is 1.76. The van der Waals surface area contributed by atoms with E-state index in [2.05, 4.69) is 5.16 Å². The van der Waals surface area contributed by atoms with Gasteiger partial charge in [0.2, 0.25) is 0 Å². The van der Waals surface area contributed by atoms with Crippen LogP contribution in [0, 0.1) is 0 Å². The Morgan fingerprint density at radius 2 is 2.00 bits per heavy atom. The molecule has 104 valence electrons. The SMILES string of the molecule is C/C(=N/O)c1ccc(OCCn2ccccc2=O)cc1. The molecule has 1 aromatic heterocycles. The van der Waals surface area contributed by atoms with Gasteiger partial charge in [0.1, 0.15) is 12.4 Å². The van der Waals surface area contributed by atoms with Crippen molar-refractivity contribution in [2.24, 2.45) is 5.16 Å². The van der Waals surface area contributed by atoms with Gasteiger partial charge in [-0.05, 0) is 42.8 Å². The monoisotopic (exact) mass is 272 g/mol. The summed E-state index contributed by atoms with van der Waals surface area (Å²) in [6.45, 7) is 2.63. The number of benzene rings is 1. The molecule has 0 aliphatic carbocycles. The van der Waals surface area contributed by atoms with Crippen LogP contribution in [0.4, 0.5) is 0 Å². The molecule has 0 saturated carbocycles. The van der Waals surface area contributed by atoms with Crippen LogP contribution >= 0.6 is 0 Å². The highest BCUT2D eigenvalue weighted by Gasteiger charge is 1.99. The second-order valence-corrected chi connectivity index (χ2v) is 4.29. The summed E-state index contributed by atoms with van der Waals surface area (Å²) in [4.78, 5) is 11.5. The highest BCUT2D eigenvalue weighted by atomic mass is 16.5. The van der Waals surface area contributed by atoms with E-state index in [0.29, 0.717) is 24.6 Å². The van der Waals surface area contributed by atoms with Crippen LogP contribution in [0.15, 0.2) is 58.6 Å². The molecule has 0 fully saturated rings. The molecule has 0 spiro atoms. The van der Waals surface area contributed by atoms with Crippen LogP contribution < -0.4 is 10.3 Å². The van der Waals surface area contributed by atoms with Gasteiger partial charge in [-0.15, -0.1) is 0 Å². The maximum absolute atomic E-state index is 11.5. The summed E-state index contributed by atoms with van der Waals surface area (Å²) in [5.74, 6) is 0.712. The van der Waals surface area contributed by atoms with Gasteiger partial charge in [-0.25, -0.2) is 0 Å². The van der Waals surface area contributed by atoms with Crippen molar-refractivity contribution in [3.8, 4) is 5.75 Å². The van der Waals surface area contributed by atoms with Crippen LogP contribution in [0.3, 0.4) is 0 Å². The lowest BCUT2D eigenvalue weighted by Gasteiger charge is -2.08. The normalized spacial score (nSPS) is 11.3. The standard InChI is InChI=1S/C15H16N2O3/c1-12(16-19)13-5-7-14(8-6-13)20-11-10-17-9-3-2-4-15(17)18/h2-9,19H,10-11H2,1H3/b16-12-. The Morgan fingerprint density at radius 3 is 2.65 bits per heavy atom. The number of ether oxygens (including phenoxy) is 1. The fourth-order valence-electron chi connectivity index (χ4n) is 1.76. The molecule has 0 aliphatic heterocycles. The number of rotatable bonds is 5. The van der Waals surface area contributed by atoms with Gasteiger partial charge in [-0.1, -0.05) is 11.2 Å². The summed E-state index contributed by atoms with van der Waals surface area (Å²) >= 11 is 0. The van der Waals surface area contributed by atoms with Gasteiger partial charge in [0.05, 0.1) is 12.3 Å². The van der Waals surface area contributed by atoms with E-state index in [0.717, 1.165) is 5.56 Å². The van der Waals surface area contributed by atoms with Crippen LogP contribution in [0.5, 0.6) is 5.75 Å². The fraction of sp³-hybridized carbons (Fsp3) is 0.200. The smallest absolute Gasteiger partial charge is 0.250 e. The molecule has 1 heterocycles. The molecule has 2 rings (SSSR count). The van der Waals surface area contributed by atoms with E-state index in [-0.39, 0.29) is 5.56 Å². The van der Waals surface area contributed by atoms with E-state index >= 15 is 0 Å². The predicted molar refractivity (Wildman–Crippen MR) is 76.6 cm³/mol. The number of hydrogen-bond donors (Lipinski definition) is 1. The maximum atomic E-state index is 11.5. The Bertz CT molecular complexity index is 645. The summed E-state index contributed by atoms with van der Waals surface area (Å²) < 4.78 is 7.17. The van der Waals surface area contributed by atoms with Gasteiger partial charge in [0, 0.05) is 12.3 Å². The lowest BCUT2D eigenvalue weighted by Crippen LogP contribution is -2.21. The van der Waals surface area contributed by atoms with Crippen LogP contribution in [0.1, 0.15) is 12.5 Å². The molecule has 0 bridgehead atoms. The summed E-state index contributed by atoms with van der Waals surface area (Å²) in [7, 11) is 0. The highest BCUT2D eigenvalue weighted by Crippen LogP contribution is 2.12. The second-order valence-electron chi connectivity index (χ2n) is 4.29. The molecular formula is C15H16N2O3. The molecule has 20 heavy (non-hydrogen) atoms. The van der Waals surface area contributed by atoms with Crippen molar-refractivity contribution < 1.29 is 9.94 Å². The lowest BCUT2D eigenvalue weighted by molar-refractivity contribution is 0.296. The van der Waals surface area contributed by atoms with Gasteiger partial charge in [0.25, 0.3) is 5.56 Å². The summed E-state index contributed by atoms with van der Waals surface area (Å²) in [5, 5.41) is 11.8. The predicted octanol–water partition coefficient (Wildman–Crippen LogP) is 2.13. The topological polar surface area (TPSA) is 63.8 Å². The number of nitrogens with zero attached hydrogens (tertiary/aromatic N) is 2. The van der Waals surface area contributed by atoms with E-state index in [1.165, 1.54) is 6.07 Å². The summed E-state index contributed by atoms with van der Waals surface area (Å²) in [6, 6.07) is 12.3. The first-order valence-corrected chi connectivity index (χ1v) is 6.28. The van der Waals surface area contributed by atoms with E-state index < -0.39 is 0 Å². The van der Waals surface area contributed by atoms with Gasteiger partial charge < -0.3 is 14.5 Å². The molecular weight excluding hydrogens is 256 g/mol. The van der Waals surface area contributed by atoms with E-state index in [1.54, 1.807) is 35.9 Å². The Hall–Kier alpha value is -2.56. The van der Waals surface area contributed by atoms with Gasteiger partial charge in [-0.3, -0.25) is 4.79 Å². The van der Waals surface area contributed by atoms with E-state index in [9.17, 15) is 4.79 Å². The Kier molecular flexibility index (Phi) is 4.55. The number of hydrogen-bond acceptors (Lipinski definition) is 4. The average Bonchev–Trinajstić information content (AvgIpc) is 2.49. The zero-order chi connectivity index (χ0) is 14.4. The minimum atomic E-state index is -0.0405. The first-order valence-electron chi connectivity index (χ1n) is 6.28. The van der Waals surface area contributed by atoms with Crippen molar-refractivity contribution in [3.05, 3.63) is 64.6 Å². The second kappa shape index (κ2) is 6.56. The molecule has 0 saturated heterocycles. The molecule has 5 nitrogen and oxygen atoms in total. The first-order chi connectivity index (χ1) is 9.70. The maximum Gasteiger partial charge on any atom is 0.250 e. The zero-order valence-corrected chi connectivity index (χ0v) is 11.2. The molecule has 1 N–H and O–H groups in total. The van der Waals surface area contributed by atoms with E-state index in [1.807, 2.05) is 18.2 Å². The minimum absolute atomic E-state index is 0.0405. The van der Waals surface area contributed by atoms with Crippen molar-refractivity contribution in [2.45, 2.75) is 13.5 Å². The largest absolute Gasteiger partial charge is 0.492 e. The first kappa shape index (κ1) is 13.9. The molecule has 0 atom stereocenters. The zero-order valence-electron chi connectivity index (χ0n) is 11.2. The van der Waals surface area contributed by atoms with E-state index in [4.69, 9.17) is 9.94 Å². The van der Waals surface area contributed by atoms with Crippen molar-refractivity contribution in [1.82, 2.24) is 4.57 Å². The van der Waals surface area contributed by atoms with Crippen molar-refractivity contribution in [1.29, 1.82) is 0 Å². The van der Waals surface area contributed by atoms with Crippen LogP contribution in [0.2, 0.25) is 0 Å². The molecule has 0 amide bonds. The third kappa shape index (κ3) is 3.47. The number of oxime groups is 1. The molecule has 0 unspecified atom stereocenters. The third-order valence-electron chi connectivity index (χ3n) is 2.92. The molecule has 1 aromatic carbocycles. The third-order valence-corrected chi connectivity index (χ3v) is 2.92. The van der Waals surface area contributed by atoms with Crippen LogP contribution in [0.25, 0.3) is 0 Å². The molecule has 0 radical (unpaired) electrons. The van der Waals surface area contributed by atoms with Gasteiger partial charge in [-0.2, -0.15) is 0 Å². The quantitative estimate of drug-likeness (QED) is 0.515. The average molecular weight is 272 g/mol. The van der Waals surface area contributed by atoms with Crippen molar-refractivity contribution >= 4 is 5.71 Å². The van der Waals surface area contributed by atoms with Crippen molar-refractivity contribution in [2.75, 3.05) is 6.61 Å². The highest BCUT2D eigenvalue weighted by molar-refractivity contribution is 5.98. The Labute approximate surface area is 116 Å². The minimum Gasteiger partial charge on any atom is -0.492 e. The molecule has 0 aliphatic rings. The number of aromatic nitrogens is 1.